The van der Waals surface area contributed by atoms with E-state index in [2.05, 4.69) is 4.98 Å². The third kappa shape index (κ3) is 1.83. The van der Waals surface area contributed by atoms with Crippen molar-refractivity contribution < 1.29 is 4.74 Å². The molecule has 0 saturated heterocycles. The molecule has 0 amide bonds. The van der Waals surface area contributed by atoms with E-state index in [1.54, 1.807) is 0 Å². The number of aromatic nitrogens is 1. The molecule has 3 heteroatoms. The van der Waals surface area contributed by atoms with Crippen molar-refractivity contribution in [3.8, 4) is 5.75 Å². The Hall–Kier alpha value is -1.25. The van der Waals surface area contributed by atoms with Crippen molar-refractivity contribution in [3.63, 3.8) is 0 Å². The second kappa shape index (κ2) is 3.23. The summed E-state index contributed by atoms with van der Waals surface area (Å²) in [6.07, 6.45) is 0. The predicted molar refractivity (Wildman–Crippen MR) is 44.6 cm³/mol. The van der Waals surface area contributed by atoms with Gasteiger partial charge in [-0.05, 0) is 26.0 Å². The highest BCUT2D eigenvalue weighted by molar-refractivity contribution is 5.46. The maximum absolute atomic E-state index is 5.57. The Bertz CT molecular complexity index is 248. The van der Waals surface area contributed by atoms with Crippen molar-refractivity contribution in [2.75, 3.05) is 12.3 Å². The van der Waals surface area contributed by atoms with Crippen LogP contribution in [0.25, 0.3) is 0 Å². The van der Waals surface area contributed by atoms with E-state index in [0.717, 1.165) is 5.69 Å². The monoisotopic (exact) mass is 152 g/mol. The van der Waals surface area contributed by atoms with Crippen molar-refractivity contribution in [2.45, 2.75) is 13.8 Å². The molecule has 0 atom stereocenters. The molecule has 0 aromatic carbocycles. The first-order chi connectivity index (χ1) is 5.24. The number of rotatable bonds is 2. The van der Waals surface area contributed by atoms with Crippen LogP contribution in [0, 0.1) is 6.92 Å². The van der Waals surface area contributed by atoms with Gasteiger partial charge in [-0.1, -0.05) is 0 Å². The number of aryl methyl sites for hydroxylation is 1. The second-order valence-corrected chi connectivity index (χ2v) is 2.27. The van der Waals surface area contributed by atoms with E-state index in [4.69, 9.17) is 10.5 Å². The van der Waals surface area contributed by atoms with Crippen molar-refractivity contribution in [1.29, 1.82) is 0 Å². The SMILES string of the molecule is CCOc1ccc(C)nc1N. The molecule has 1 aromatic heterocycles. The number of nitrogens with zero attached hydrogens (tertiary/aromatic N) is 1. The van der Waals surface area contributed by atoms with Crippen molar-refractivity contribution in [3.05, 3.63) is 17.8 Å². The molecule has 0 fully saturated rings. The molecule has 0 radical (unpaired) electrons. The Morgan fingerprint density at radius 1 is 1.55 bits per heavy atom. The van der Waals surface area contributed by atoms with Gasteiger partial charge in [-0.2, -0.15) is 0 Å². The molecule has 1 rings (SSSR count). The van der Waals surface area contributed by atoms with Gasteiger partial charge in [0.1, 0.15) is 0 Å². The van der Waals surface area contributed by atoms with Crippen LogP contribution in [0.5, 0.6) is 5.75 Å². The first kappa shape index (κ1) is 7.85. The van der Waals surface area contributed by atoms with Crippen LogP contribution in [0.2, 0.25) is 0 Å². The van der Waals surface area contributed by atoms with Gasteiger partial charge in [0, 0.05) is 5.69 Å². The van der Waals surface area contributed by atoms with E-state index in [9.17, 15) is 0 Å². The predicted octanol–water partition coefficient (Wildman–Crippen LogP) is 1.37. The summed E-state index contributed by atoms with van der Waals surface area (Å²) in [4.78, 5) is 4.04. The van der Waals surface area contributed by atoms with Gasteiger partial charge in [-0.3, -0.25) is 0 Å². The quantitative estimate of drug-likeness (QED) is 0.696. The summed E-state index contributed by atoms with van der Waals surface area (Å²) in [6, 6.07) is 3.71. The molecule has 0 bridgehead atoms. The average molecular weight is 152 g/mol. The summed E-state index contributed by atoms with van der Waals surface area (Å²) < 4.78 is 5.20. The maximum atomic E-state index is 5.57. The third-order valence-corrected chi connectivity index (χ3v) is 1.33. The zero-order valence-corrected chi connectivity index (χ0v) is 6.79. The first-order valence-electron chi connectivity index (χ1n) is 3.60. The zero-order chi connectivity index (χ0) is 8.27. The summed E-state index contributed by atoms with van der Waals surface area (Å²) in [5.74, 6) is 1.13. The number of hydrogen-bond donors (Lipinski definition) is 1. The van der Waals surface area contributed by atoms with Gasteiger partial charge in [-0.15, -0.1) is 0 Å². The third-order valence-electron chi connectivity index (χ3n) is 1.33. The lowest BCUT2D eigenvalue weighted by atomic mass is 10.3. The molecule has 0 aliphatic heterocycles. The van der Waals surface area contributed by atoms with Crippen molar-refractivity contribution in [1.82, 2.24) is 4.98 Å². The highest BCUT2D eigenvalue weighted by Gasteiger charge is 1.98. The molecule has 2 N–H and O–H groups in total. The second-order valence-electron chi connectivity index (χ2n) is 2.27. The van der Waals surface area contributed by atoms with E-state index in [0.29, 0.717) is 18.2 Å². The standard InChI is InChI=1S/C8H12N2O/c1-3-11-7-5-4-6(2)10-8(7)9/h4-5H,3H2,1-2H3,(H2,9,10). The zero-order valence-electron chi connectivity index (χ0n) is 6.79. The number of anilines is 1. The van der Waals surface area contributed by atoms with E-state index < -0.39 is 0 Å². The van der Waals surface area contributed by atoms with Gasteiger partial charge < -0.3 is 10.5 Å². The molecule has 1 aromatic rings. The van der Waals surface area contributed by atoms with Crippen LogP contribution in [-0.4, -0.2) is 11.6 Å². The molecule has 11 heavy (non-hydrogen) atoms. The van der Waals surface area contributed by atoms with Gasteiger partial charge in [0.25, 0.3) is 0 Å². The van der Waals surface area contributed by atoms with Gasteiger partial charge in [-0.25, -0.2) is 4.98 Å². The summed E-state index contributed by atoms with van der Waals surface area (Å²) in [7, 11) is 0. The average Bonchev–Trinajstić information content (AvgIpc) is 1.95. The van der Waals surface area contributed by atoms with Crippen LogP contribution in [0.4, 0.5) is 5.82 Å². The number of ether oxygens (including phenoxy) is 1. The first-order valence-corrected chi connectivity index (χ1v) is 3.60. The summed E-state index contributed by atoms with van der Waals surface area (Å²) >= 11 is 0. The minimum atomic E-state index is 0.465. The lowest BCUT2D eigenvalue weighted by molar-refractivity contribution is 0.341. The van der Waals surface area contributed by atoms with E-state index >= 15 is 0 Å². The molecule has 0 unspecified atom stereocenters. The fourth-order valence-electron chi connectivity index (χ4n) is 0.842. The Balaban J connectivity index is 2.90. The van der Waals surface area contributed by atoms with Gasteiger partial charge in [0.05, 0.1) is 6.61 Å². The van der Waals surface area contributed by atoms with Crippen LogP contribution in [0.1, 0.15) is 12.6 Å². The molecule has 0 spiro atoms. The molecule has 3 nitrogen and oxygen atoms in total. The van der Waals surface area contributed by atoms with Crippen molar-refractivity contribution in [2.24, 2.45) is 0 Å². The summed E-state index contributed by atoms with van der Waals surface area (Å²) in [5, 5.41) is 0. The Morgan fingerprint density at radius 2 is 2.27 bits per heavy atom. The maximum Gasteiger partial charge on any atom is 0.166 e. The summed E-state index contributed by atoms with van der Waals surface area (Å²) in [6.45, 7) is 4.43. The topological polar surface area (TPSA) is 48.1 Å². The van der Waals surface area contributed by atoms with Crippen LogP contribution >= 0.6 is 0 Å². The fraction of sp³-hybridized carbons (Fsp3) is 0.375. The van der Waals surface area contributed by atoms with Crippen LogP contribution in [-0.2, 0) is 0 Å². The van der Waals surface area contributed by atoms with Gasteiger partial charge in [0.15, 0.2) is 11.6 Å². The van der Waals surface area contributed by atoms with Crippen LogP contribution in [0.3, 0.4) is 0 Å². The molecule has 60 valence electrons. The van der Waals surface area contributed by atoms with Crippen LogP contribution < -0.4 is 10.5 Å². The Kier molecular flexibility index (Phi) is 2.31. The Morgan fingerprint density at radius 3 is 2.82 bits per heavy atom. The smallest absolute Gasteiger partial charge is 0.166 e. The highest BCUT2D eigenvalue weighted by atomic mass is 16.5. The number of nitrogens with two attached hydrogens (primary N) is 1. The van der Waals surface area contributed by atoms with E-state index in [1.807, 2.05) is 26.0 Å². The van der Waals surface area contributed by atoms with E-state index in [1.165, 1.54) is 0 Å². The molecular weight excluding hydrogens is 140 g/mol. The molecule has 0 aliphatic carbocycles. The number of hydrogen-bond acceptors (Lipinski definition) is 3. The molecular formula is C8H12N2O. The highest BCUT2D eigenvalue weighted by Crippen LogP contribution is 2.17. The summed E-state index contributed by atoms with van der Waals surface area (Å²) in [5.41, 5.74) is 6.48. The minimum absolute atomic E-state index is 0.465. The lowest BCUT2D eigenvalue weighted by Gasteiger charge is -2.05. The lowest BCUT2D eigenvalue weighted by Crippen LogP contribution is -1.99. The largest absolute Gasteiger partial charge is 0.490 e. The fourth-order valence-corrected chi connectivity index (χ4v) is 0.842. The van der Waals surface area contributed by atoms with E-state index in [-0.39, 0.29) is 0 Å². The van der Waals surface area contributed by atoms with Crippen LogP contribution in [0.15, 0.2) is 12.1 Å². The molecule has 0 saturated carbocycles. The number of nitrogen functional groups attached to an aromatic ring is 1. The molecule has 0 aliphatic rings. The number of pyridine rings is 1. The van der Waals surface area contributed by atoms with Gasteiger partial charge in [0.2, 0.25) is 0 Å². The Labute approximate surface area is 66.2 Å². The van der Waals surface area contributed by atoms with Crippen molar-refractivity contribution >= 4 is 5.82 Å². The minimum Gasteiger partial charge on any atom is -0.490 e. The normalized spacial score (nSPS) is 9.64. The van der Waals surface area contributed by atoms with Gasteiger partial charge >= 0.3 is 0 Å². The molecule has 1 heterocycles.